The molecule has 522 valence electrons. The molecule has 0 fully saturated rings. The third-order valence-electron chi connectivity index (χ3n) is 16.2. The van der Waals surface area contributed by atoms with E-state index in [4.69, 9.17) is 17.2 Å². The largest absolute Gasteiger partial charge is 0.480 e. The predicted octanol–water partition coefficient (Wildman–Crippen LogP) is -1.57. The van der Waals surface area contributed by atoms with E-state index in [-0.39, 0.29) is 44.1 Å². The molecule has 0 aliphatic carbocycles. The number of aliphatic hydroxyl groups is 1. The van der Waals surface area contributed by atoms with Crippen molar-refractivity contribution in [3.05, 3.63) is 54.1 Å². The number of carbonyl (C=O) groups excluding carboxylic acids is 11. The molecule has 2 rings (SSSR count). The first-order valence-electron chi connectivity index (χ1n) is 32.3. The zero-order valence-corrected chi connectivity index (χ0v) is 55.9. The third-order valence-corrected chi connectivity index (χ3v) is 16.2. The van der Waals surface area contributed by atoms with Crippen LogP contribution in [-0.2, 0) is 70.4 Å². The van der Waals surface area contributed by atoms with Crippen LogP contribution in [0.25, 0.3) is 0 Å². The number of unbranched alkanes of at least 4 members (excludes halogenated alkanes) is 2. The normalized spacial score (nSPS) is 16.1. The Bertz CT molecular complexity index is 2720. The predicted molar refractivity (Wildman–Crippen MR) is 347 cm³/mol. The maximum absolute atomic E-state index is 14.3. The van der Waals surface area contributed by atoms with Gasteiger partial charge in [0.15, 0.2) is 0 Å². The lowest BCUT2D eigenvalue weighted by atomic mass is 9.94. The fourth-order valence-electron chi connectivity index (χ4n) is 9.62. The standard InChI is InChI=1S/C63H106N16O14/c1-12-35(6)49(77-54(83)40(11)70-57(86)46(29-41-22-16-15-17-23-41)75-61(90)50(36(7)13-2)79-62(91)51(37(8)14-3)78-55(84)43(66)28-34(4)5)60(89)71-38(9)52(81)69-39(10)53(82)76-48(32-80)59(88)74-47(30-42-31-67-33-68-42)58(87)72-44(24-18-20-26-64)56(85)73-45(63(92)93)25-19-21-27-65/h15-17,22-23,31,33-40,43-51,80H,12-14,18-21,24-30,32,64-66H2,1-11H3,(H,67,68)(H,69,81)(H,70,86)(H,71,89)(H,72,87)(H,73,85)(H,74,88)(H,75,90)(H,76,82)(H,77,83)(H,78,84)(H,79,91)(H,92,93)/t35-,36-,37-,38-,39-,40-,43-,44-,45-,46-,47-,48-,49-,50-,51-/m0/s1. The van der Waals surface area contributed by atoms with Gasteiger partial charge in [0.2, 0.25) is 65.0 Å². The molecule has 30 heteroatoms. The Morgan fingerprint density at radius 1 is 0.462 bits per heavy atom. The first-order chi connectivity index (χ1) is 44.0. The quantitative estimate of drug-likeness (QED) is 0.0333. The van der Waals surface area contributed by atoms with Crippen molar-refractivity contribution in [1.29, 1.82) is 0 Å². The van der Waals surface area contributed by atoms with E-state index in [0.717, 1.165) is 0 Å². The van der Waals surface area contributed by atoms with E-state index in [2.05, 4.69) is 68.5 Å². The van der Waals surface area contributed by atoms with Gasteiger partial charge in [0.05, 0.1) is 19.0 Å². The minimum atomic E-state index is -1.70. The lowest BCUT2D eigenvalue weighted by Gasteiger charge is -2.31. The fraction of sp³-hybridized carbons (Fsp3) is 0.667. The number of aliphatic hydroxyl groups excluding tert-OH is 1. The average Bonchev–Trinajstić information content (AvgIpc) is 1.47. The van der Waals surface area contributed by atoms with E-state index in [0.29, 0.717) is 69.2 Å². The van der Waals surface area contributed by atoms with Crippen LogP contribution in [0.15, 0.2) is 42.9 Å². The number of amides is 11. The van der Waals surface area contributed by atoms with Crippen LogP contribution in [0.3, 0.4) is 0 Å². The highest BCUT2D eigenvalue weighted by molar-refractivity contribution is 5.99. The van der Waals surface area contributed by atoms with Crippen molar-refractivity contribution >= 4 is 70.9 Å². The molecule has 1 aromatic heterocycles. The number of carboxylic acid groups (broad SMARTS) is 1. The van der Waals surface area contributed by atoms with Crippen molar-refractivity contribution in [2.45, 2.75) is 226 Å². The molecule has 0 aliphatic heterocycles. The van der Waals surface area contributed by atoms with Gasteiger partial charge in [-0.15, -0.1) is 0 Å². The number of imidazole rings is 1. The number of aromatic amines is 1. The molecule has 0 saturated carbocycles. The summed E-state index contributed by atoms with van der Waals surface area (Å²) in [5, 5.41) is 48.7. The van der Waals surface area contributed by atoms with Crippen LogP contribution < -0.4 is 75.7 Å². The van der Waals surface area contributed by atoms with Crippen molar-refractivity contribution in [1.82, 2.24) is 68.5 Å². The molecule has 1 heterocycles. The zero-order chi connectivity index (χ0) is 70.1. The van der Waals surface area contributed by atoms with Crippen molar-refractivity contribution < 1.29 is 67.7 Å². The summed E-state index contributed by atoms with van der Waals surface area (Å²) in [5.41, 5.74) is 18.4. The maximum atomic E-state index is 14.3. The number of aliphatic carboxylic acids is 1. The van der Waals surface area contributed by atoms with Crippen molar-refractivity contribution in [3.8, 4) is 0 Å². The topological polar surface area (TPSA) is 484 Å². The Balaban J connectivity index is 2.24. The Kier molecular flexibility index (Phi) is 36.8. The minimum absolute atomic E-state index is 0.0324. The van der Waals surface area contributed by atoms with E-state index in [1.807, 2.05) is 27.7 Å². The highest BCUT2D eigenvalue weighted by atomic mass is 16.4. The molecule has 93 heavy (non-hydrogen) atoms. The van der Waals surface area contributed by atoms with Gasteiger partial charge in [-0.25, -0.2) is 9.78 Å². The molecule has 20 N–H and O–H groups in total. The number of benzene rings is 1. The molecule has 0 radical (unpaired) electrons. The monoisotopic (exact) mass is 1310 g/mol. The van der Waals surface area contributed by atoms with E-state index in [1.165, 1.54) is 33.3 Å². The van der Waals surface area contributed by atoms with Crippen molar-refractivity contribution in [2.24, 2.45) is 40.9 Å². The Labute approximate surface area is 545 Å². The second-order valence-electron chi connectivity index (χ2n) is 24.4. The Morgan fingerprint density at radius 3 is 1.32 bits per heavy atom. The SMILES string of the molecule is CC[C@H](C)[C@H](NC(=O)[C@H](C)NC(=O)[C@H](Cc1ccccc1)NC(=O)[C@@H](NC(=O)[C@@H](NC(=O)[C@@H](N)CC(C)C)[C@@H](C)CC)[C@@H](C)CC)C(=O)N[C@@H](C)C(=O)N[C@@H](C)C(=O)N[C@@H](CO)C(=O)N[C@@H](Cc1cnc[nH]1)C(=O)N[C@@H](CCCCN)C(=O)N[C@@H](CCCCN)C(=O)O. The average molecular weight is 1310 g/mol. The van der Waals surface area contributed by atoms with Crippen LogP contribution in [0.5, 0.6) is 0 Å². The molecular weight excluding hydrogens is 1200 g/mol. The van der Waals surface area contributed by atoms with Gasteiger partial charge in [-0.3, -0.25) is 52.7 Å². The maximum Gasteiger partial charge on any atom is 0.326 e. The summed E-state index contributed by atoms with van der Waals surface area (Å²) in [6, 6.07) is -6.57. The molecule has 15 atom stereocenters. The number of H-pyrrole nitrogens is 1. The van der Waals surface area contributed by atoms with Crippen LogP contribution >= 0.6 is 0 Å². The van der Waals surface area contributed by atoms with Crippen LogP contribution in [0.2, 0.25) is 0 Å². The van der Waals surface area contributed by atoms with Gasteiger partial charge >= 0.3 is 5.97 Å². The minimum Gasteiger partial charge on any atom is -0.480 e. The number of carboxylic acids is 1. The lowest BCUT2D eigenvalue weighted by Crippen LogP contribution is -2.62. The molecule has 0 saturated heterocycles. The number of hydrogen-bond acceptors (Lipinski definition) is 17. The van der Waals surface area contributed by atoms with E-state index in [9.17, 15) is 67.7 Å². The van der Waals surface area contributed by atoms with E-state index < -0.39 is 162 Å². The number of hydrogen-bond donors (Lipinski definition) is 17. The number of nitrogens with one attached hydrogen (secondary N) is 12. The summed E-state index contributed by atoms with van der Waals surface area (Å²) in [6.45, 7) is 18.1. The summed E-state index contributed by atoms with van der Waals surface area (Å²) in [7, 11) is 0. The third kappa shape index (κ3) is 28.4. The Hall–Kier alpha value is -8.09. The van der Waals surface area contributed by atoms with Gasteiger partial charge in [-0.1, -0.05) is 105 Å². The van der Waals surface area contributed by atoms with Gasteiger partial charge in [-0.2, -0.15) is 0 Å². The van der Waals surface area contributed by atoms with Gasteiger partial charge < -0.3 is 90.9 Å². The number of nitrogens with two attached hydrogens (primary N) is 3. The number of nitrogens with zero attached hydrogens (tertiary/aromatic N) is 1. The molecule has 11 amide bonds. The number of carbonyl (C=O) groups is 12. The molecule has 2 aromatic rings. The van der Waals surface area contributed by atoms with Gasteiger partial charge in [0.1, 0.15) is 66.5 Å². The number of aromatic nitrogens is 2. The highest BCUT2D eigenvalue weighted by Gasteiger charge is 2.38. The lowest BCUT2D eigenvalue weighted by molar-refractivity contribution is -0.142. The molecule has 0 aliphatic rings. The van der Waals surface area contributed by atoms with Crippen LogP contribution in [0, 0.1) is 23.7 Å². The van der Waals surface area contributed by atoms with Crippen LogP contribution in [0.1, 0.15) is 152 Å². The van der Waals surface area contributed by atoms with Gasteiger partial charge in [0.25, 0.3) is 0 Å². The van der Waals surface area contributed by atoms with E-state index >= 15 is 0 Å². The molecule has 0 bridgehead atoms. The Morgan fingerprint density at radius 2 is 0.839 bits per heavy atom. The van der Waals surface area contributed by atoms with Crippen molar-refractivity contribution in [3.63, 3.8) is 0 Å². The molecule has 30 nitrogen and oxygen atoms in total. The molecule has 1 aromatic carbocycles. The summed E-state index contributed by atoms with van der Waals surface area (Å²) in [4.78, 5) is 171. The van der Waals surface area contributed by atoms with Gasteiger partial charge in [0, 0.05) is 24.7 Å². The molecule has 0 unspecified atom stereocenters. The fourth-order valence-corrected chi connectivity index (χ4v) is 9.62. The summed E-state index contributed by atoms with van der Waals surface area (Å²) in [5.74, 6) is -11.2. The smallest absolute Gasteiger partial charge is 0.326 e. The van der Waals surface area contributed by atoms with Gasteiger partial charge in [-0.05, 0) is 108 Å². The molecular formula is C63H106N16O14. The van der Waals surface area contributed by atoms with Crippen LogP contribution in [-0.4, -0.2) is 183 Å². The second-order valence-corrected chi connectivity index (χ2v) is 24.4. The summed E-state index contributed by atoms with van der Waals surface area (Å²) >= 11 is 0. The summed E-state index contributed by atoms with van der Waals surface area (Å²) in [6.07, 6.45) is 6.06. The van der Waals surface area contributed by atoms with Crippen molar-refractivity contribution in [2.75, 3.05) is 19.7 Å². The first kappa shape index (κ1) is 81.0. The summed E-state index contributed by atoms with van der Waals surface area (Å²) < 4.78 is 0. The molecule has 0 spiro atoms. The first-order valence-corrected chi connectivity index (χ1v) is 32.3. The van der Waals surface area contributed by atoms with Crippen LogP contribution in [0.4, 0.5) is 0 Å². The number of rotatable bonds is 44. The highest BCUT2D eigenvalue weighted by Crippen LogP contribution is 2.16. The zero-order valence-electron chi connectivity index (χ0n) is 55.9. The second kappa shape index (κ2) is 42.2. The van der Waals surface area contributed by atoms with E-state index in [1.54, 1.807) is 58.0 Å².